The number of methoxy groups -OCH3 is 4. The van der Waals surface area contributed by atoms with E-state index in [9.17, 15) is 0 Å². The summed E-state index contributed by atoms with van der Waals surface area (Å²) in [4.78, 5) is 0. The lowest BCUT2D eigenvalue weighted by molar-refractivity contribution is 0.399. The van der Waals surface area contributed by atoms with Gasteiger partial charge in [0.25, 0.3) is 0 Å². The quantitative estimate of drug-likeness (QED) is 0.633. The molecular weight excluding hydrogens is 335 g/mol. The molecule has 5 heteroatoms. The van der Waals surface area contributed by atoms with E-state index in [0.717, 1.165) is 52.6 Å². The molecule has 0 saturated heterocycles. The van der Waals surface area contributed by atoms with Gasteiger partial charge in [0, 0.05) is 0 Å². The third kappa shape index (κ3) is 4.19. The molecule has 0 aliphatic carbocycles. The Morgan fingerprint density at radius 2 is 1.04 bits per heavy atom. The lowest BCUT2D eigenvalue weighted by Gasteiger charge is -2.26. The number of hydrogen-bond donors (Lipinski definition) is 0. The summed E-state index contributed by atoms with van der Waals surface area (Å²) in [7, 11) is 6.03. The van der Waals surface area contributed by atoms with Gasteiger partial charge in [-0.3, -0.25) is 0 Å². The topological polar surface area (TPSA) is 36.9 Å². The molecule has 0 aromatic heterocycles. The van der Waals surface area contributed by atoms with Gasteiger partial charge >= 0.3 is 0 Å². The summed E-state index contributed by atoms with van der Waals surface area (Å²) in [5.74, 6) is 3.37. The van der Waals surface area contributed by atoms with Gasteiger partial charge in [-0.2, -0.15) is 0 Å². The first kappa shape index (κ1) is 19.4. The van der Waals surface area contributed by atoms with E-state index in [2.05, 4.69) is 6.92 Å². The van der Waals surface area contributed by atoms with E-state index < -0.39 is 7.92 Å². The lowest BCUT2D eigenvalue weighted by atomic mass is 10.3. The minimum absolute atomic E-state index is 0.763. The van der Waals surface area contributed by atoms with E-state index in [-0.39, 0.29) is 0 Å². The van der Waals surface area contributed by atoms with E-state index in [4.69, 9.17) is 18.9 Å². The number of rotatable bonds is 9. The van der Waals surface area contributed by atoms with Crippen molar-refractivity contribution in [3.63, 3.8) is 0 Å². The maximum Gasteiger partial charge on any atom is 0.130 e. The van der Waals surface area contributed by atoms with Crippen LogP contribution in [0, 0.1) is 0 Å². The molecule has 0 unspecified atom stereocenters. The zero-order valence-corrected chi connectivity index (χ0v) is 16.6. The summed E-state index contributed by atoms with van der Waals surface area (Å²) in [6, 6.07) is 11.9. The van der Waals surface area contributed by atoms with Gasteiger partial charge in [0.05, 0.1) is 39.0 Å². The Labute approximate surface area is 151 Å². The van der Waals surface area contributed by atoms with E-state index in [1.165, 1.54) is 0 Å². The average Bonchev–Trinajstić information content (AvgIpc) is 2.67. The standard InChI is InChI=1S/C20H27O4P/c1-6-7-14-25(19-15(21-2)10-8-11-16(19)22-3)20-17(23-4)12-9-13-18(20)24-5/h8-13H,6-7,14H2,1-5H3. The lowest BCUT2D eigenvalue weighted by Crippen LogP contribution is -2.21. The molecule has 0 radical (unpaired) electrons. The number of ether oxygens (including phenoxy) is 4. The molecule has 2 aromatic rings. The fourth-order valence-electron chi connectivity index (χ4n) is 2.85. The van der Waals surface area contributed by atoms with Crippen molar-refractivity contribution in [2.45, 2.75) is 19.8 Å². The van der Waals surface area contributed by atoms with Crippen molar-refractivity contribution in [3.8, 4) is 23.0 Å². The second kappa shape index (κ2) is 9.53. The maximum atomic E-state index is 5.67. The zero-order valence-electron chi connectivity index (χ0n) is 15.7. The van der Waals surface area contributed by atoms with Crippen LogP contribution in [0.1, 0.15) is 19.8 Å². The third-order valence-corrected chi connectivity index (χ3v) is 6.80. The molecule has 0 aliphatic heterocycles. The van der Waals surface area contributed by atoms with Crippen LogP contribution in [0.2, 0.25) is 0 Å². The molecule has 0 fully saturated rings. The molecule has 0 heterocycles. The van der Waals surface area contributed by atoms with Crippen molar-refractivity contribution in [1.29, 1.82) is 0 Å². The van der Waals surface area contributed by atoms with Gasteiger partial charge in [-0.15, -0.1) is 0 Å². The van der Waals surface area contributed by atoms with Crippen molar-refractivity contribution in [2.75, 3.05) is 34.6 Å². The van der Waals surface area contributed by atoms with Crippen LogP contribution in [0.25, 0.3) is 0 Å². The number of unbranched alkanes of at least 4 members (excludes halogenated alkanes) is 1. The maximum absolute atomic E-state index is 5.67. The first-order valence-corrected chi connectivity index (χ1v) is 9.93. The van der Waals surface area contributed by atoms with Crippen LogP contribution in [-0.2, 0) is 0 Å². The summed E-state index contributed by atoms with van der Waals surface area (Å²) in [6.45, 7) is 2.20. The summed E-state index contributed by atoms with van der Waals surface area (Å²) in [5, 5.41) is 2.19. The number of benzene rings is 2. The van der Waals surface area contributed by atoms with E-state index >= 15 is 0 Å². The van der Waals surface area contributed by atoms with Crippen LogP contribution in [-0.4, -0.2) is 34.6 Å². The molecule has 0 bridgehead atoms. The first-order valence-electron chi connectivity index (χ1n) is 8.41. The molecule has 2 aromatic carbocycles. The molecular formula is C20H27O4P. The van der Waals surface area contributed by atoms with Gasteiger partial charge in [-0.05, 0) is 44.8 Å². The summed E-state index contributed by atoms with van der Waals surface area (Å²) >= 11 is 0. The van der Waals surface area contributed by atoms with Gasteiger partial charge < -0.3 is 18.9 Å². The molecule has 0 atom stereocenters. The van der Waals surface area contributed by atoms with Crippen molar-refractivity contribution in [1.82, 2.24) is 0 Å². The van der Waals surface area contributed by atoms with E-state index in [1.807, 2.05) is 36.4 Å². The third-order valence-electron chi connectivity index (χ3n) is 4.08. The van der Waals surface area contributed by atoms with Crippen LogP contribution in [0.4, 0.5) is 0 Å². The monoisotopic (exact) mass is 362 g/mol. The molecule has 0 aliphatic rings. The summed E-state index contributed by atoms with van der Waals surface area (Å²) < 4.78 is 22.7. The Balaban J connectivity index is 2.71. The van der Waals surface area contributed by atoms with Gasteiger partial charge in [0.2, 0.25) is 0 Å². The minimum Gasteiger partial charge on any atom is -0.496 e. The molecule has 0 amide bonds. The fraction of sp³-hybridized carbons (Fsp3) is 0.400. The van der Waals surface area contributed by atoms with Crippen molar-refractivity contribution in [2.24, 2.45) is 0 Å². The molecule has 25 heavy (non-hydrogen) atoms. The summed E-state index contributed by atoms with van der Waals surface area (Å²) in [6.07, 6.45) is 3.24. The zero-order chi connectivity index (χ0) is 18.2. The molecule has 0 N–H and O–H groups in total. The largest absolute Gasteiger partial charge is 0.496 e. The average molecular weight is 362 g/mol. The molecule has 0 saturated carbocycles. The van der Waals surface area contributed by atoms with Crippen LogP contribution >= 0.6 is 7.92 Å². The van der Waals surface area contributed by atoms with Crippen LogP contribution in [0.5, 0.6) is 23.0 Å². The van der Waals surface area contributed by atoms with Crippen LogP contribution in [0.3, 0.4) is 0 Å². The smallest absolute Gasteiger partial charge is 0.130 e. The van der Waals surface area contributed by atoms with Gasteiger partial charge in [-0.25, -0.2) is 0 Å². The van der Waals surface area contributed by atoms with Crippen LogP contribution < -0.4 is 29.6 Å². The second-order valence-corrected chi connectivity index (χ2v) is 7.73. The molecule has 2 rings (SSSR count). The molecule has 4 nitrogen and oxygen atoms in total. The van der Waals surface area contributed by atoms with Gasteiger partial charge in [-0.1, -0.05) is 25.5 Å². The molecule has 136 valence electrons. The summed E-state index contributed by atoms with van der Waals surface area (Å²) in [5.41, 5.74) is 0. The highest BCUT2D eigenvalue weighted by atomic mass is 31.1. The normalized spacial score (nSPS) is 10.6. The SMILES string of the molecule is CCCCP(c1c(OC)cccc1OC)c1c(OC)cccc1OC. The predicted molar refractivity (Wildman–Crippen MR) is 105 cm³/mol. The highest BCUT2D eigenvalue weighted by molar-refractivity contribution is 7.73. The van der Waals surface area contributed by atoms with Crippen LogP contribution in [0.15, 0.2) is 36.4 Å². The van der Waals surface area contributed by atoms with Crippen molar-refractivity contribution < 1.29 is 18.9 Å². The number of hydrogen-bond acceptors (Lipinski definition) is 4. The Kier molecular flexibility index (Phi) is 7.39. The second-order valence-electron chi connectivity index (χ2n) is 5.53. The van der Waals surface area contributed by atoms with Crippen molar-refractivity contribution >= 4 is 18.5 Å². The molecule has 0 spiro atoms. The van der Waals surface area contributed by atoms with Gasteiger partial charge in [0.15, 0.2) is 0 Å². The highest BCUT2D eigenvalue weighted by Gasteiger charge is 2.27. The Morgan fingerprint density at radius 1 is 0.680 bits per heavy atom. The minimum atomic E-state index is -0.763. The van der Waals surface area contributed by atoms with E-state index in [0.29, 0.717) is 0 Å². The fourth-order valence-corrected chi connectivity index (χ4v) is 5.88. The first-order chi connectivity index (χ1) is 12.2. The highest BCUT2D eigenvalue weighted by Crippen LogP contribution is 2.46. The Bertz CT molecular complexity index is 587. The van der Waals surface area contributed by atoms with E-state index in [1.54, 1.807) is 28.4 Å². The van der Waals surface area contributed by atoms with Crippen molar-refractivity contribution in [3.05, 3.63) is 36.4 Å². The Hall–Kier alpha value is -1.93. The Morgan fingerprint density at radius 3 is 1.32 bits per heavy atom. The predicted octanol–water partition coefficient (Wildman–Crippen LogP) is 3.95. The van der Waals surface area contributed by atoms with Gasteiger partial charge in [0.1, 0.15) is 23.0 Å².